The maximum absolute atomic E-state index is 14.2. The fourth-order valence-electron chi connectivity index (χ4n) is 3.72. The molecular weight excluding hydrogens is 459 g/mol. The SMILES string of the molecule is CCOC(=O)C1=C(C)N=c2s/c(=C\c3ccccc3F)c(=O)n2[C@@H]1c1ccc(OC(C)=O)cc1. The van der Waals surface area contributed by atoms with Gasteiger partial charge in [-0.15, -0.1) is 0 Å². The second-order valence-corrected chi connectivity index (χ2v) is 8.50. The fraction of sp³-hybridized carbons (Fsp3) is 0.200. The van der Waals surface area contributed by atoms with Crippen LogP contribution in [0.25, 0.3) is 6.08 Å². The molecule has 34 heavy (non-hydrogen) atoms. The number of hydrogen-bond donors (Lipinski definition) is 0. The van der Waals surface area contributed by atoms with Gasteiger partial charge in [-0.2, -0.15) is 0 Å². The van der Waals surface area contributed by atoms with E-state index in [0.717, 1.165) is 11.3 Å². The van der Waals surface area contributed by atoms with E-state index < -0.39 is 29.4 Å². The first-order chi connectivity index (χ1) is 16.3. The van der Waals surface area contributed by atoms with Crippen molar-refractivity contribution >= 4 is 29.4 Å². The van der Waals surface area contributed by atoms with E-state index in [1.807, 2.05) is 0 Å². The maximum Gasteiger partial charge on any atom is 0.338 e. The Hall–Kier alpha value is -3.85. The molecule has 3 aromatic rings. The zero-order valence-corrected chi connectivity index (χ0v) is 19.5. The summed E-state index contributed by atoms with van der Waals surface area (Å²) in [4.78, 5) is 42.5. The molecule has 0 bridgehead atoms. The highest BCUT2D eigenvalue weighted by Crippen LogP contribution is 2.31. The van der Waals surface area contributed by atoms with Crippen LogP contribution in [0.3, 0.4) is 0 Å². The highest BCUT2D eigenvalue weighted by Gasteiger charge is 2.33. The molecule has 0 saturated carbocycles. The summed E-state index contributed by atoms with van der Waals surface area (Å²) < 4.78 is 26.3. The summed E-state index contributed by atoms with van der Waals surface area (Å²) in [5.74, 6) is -1.16. The zero-order valence-electron chi connectivity index (χ0n) is 18.7. The third-order valence-electron chi connectivity index (χ3n) is 5.17. The Kier molecular flexibility index (Phi) is 6.56. The number of carbonyl (C=O) groups excluding carboxylic acids is 2. The van der Waals surface area contributed by atoms with Crippen molar-refractivity contribution in [2.24, 2.45) is 4.99 Å². The van der Waals surface area contributed by atoms with E-state index in [1.165, 1.54) is 23.6 Å². The standard InChI is InChI=1S/C25H21FN2O5S/c1-4-32-24(31)21-14(2)27-25-28(22(21)16-9-11-18(12-10-16)33-15(3)29)23(30)20(34-25)13-17-7-5-6-8-19(17)26/h5-13,22H,4H2,1-3H3/b20-13-/t22-/m1/s1. The number of nitrogens with zero attached hydrogens (tertiary/aromatic N) is 2. The predicted octanol–water partition coefficient (Wildman–Crippen LogP) is 2.86. The minimum atomic E-state index is -0.815. The fourth-order valence-corrected chi connectivity index (χ4v) is 4.76. The third-order valence-corrected chi connectivity index (χ3v) is 6.15. The number of allylic oxidation sites excluding steroid dienone is 1. The van der Waals surface area contributed by atoms with Gasteiger partial charge in [0.2, 0.25) is 0 Å². The van der Waals surface area contributed by atoms with E-state index in [4.69, 9.17) is 9.47 Å². The molecule has 0 radical (unpaired) electrons. The topological polar surface area (TPSA) is 87.0 Å². The number of hydrogen-bond acceptors (Lipinski definition) is 7. The first-order valence-corrected chi connectivity index (χ1v) is 11.3. The van der Waals surface area contributed by atoms with Crippen molar-refractivity contribution in [3.05, 3.63) is 96.4 Å². The molecular formula is C25H21FN2O5S. The zero-order chi connectivity index (χ0) is 24.4. The first-order valence-electron chi connectivity index (χ1n) is 10.5. The van der Waals surface area contributed by atoms with Crippen LogP contribution >= 0.6 is 11.3 Å². The molecule has 1 aliphatic rings. The van der Waals surface area contributed by atoms with Gasteiger partial charge in [-0.05, 0) is 43.7 Å². The molecule has 1 aliphatic heterocycles. The van der Waals surface area contributed by atoms with Crippen LogP contribution in [0.5, 0.6) is 5.75 Å². The number of thiazole rings is 1. The van der Waals surface area contributed by atoms with Crippen molar-refractivity contribution < 1.29 is 23.5 Å². The summed E-state index contributed by atoms with van der Waals surface area (Å²) in [6, 6.07) is 11.9. The molecule has 0 spiro atoms. The van der Waals surface area contributed by atoms with Crippen LogP contribution < -0.4 is 19.6 Å². The second-order valence-electron chi connectivity index (χ2n) is 7.49. The summed E-state index contributed by atoms with van der Waals surface area (Å²) in [6.07, 6.45) is 1.48. The van der Waals surface area contributed by atoms with Crippen LogP contribution in [0, 0.1) is 5.82 Å². The summed E-state index contributed by atoms with van der Waals surface area (Å²) in [5, 5.41) is 0. The molecule has 1 aromatic heterocycles. The molecule has 2 aromatic carbocycles. The normalized spacial score (nSPS) is 15.5. The minimum absolute atomic E-state index is 0.158. The molecule has 0 fully saturated rings. The molecule has 0 aliphatic carbocycles. The summed E-state index contributed by atoms with van der Waals surface area (Å²) in [7, 11) is 0. The molecule has 2 heterocycles. The van der Waals surface area contributed by atoms with E-state index >= 15 is 0 Å². The van der Waals surface area contributed by atoms with E-state index in [-0.39, 0.29) is 22.3 Å². The monoisotopic (exact) mass is 480 g/mol. The lowest BCUT2D eigenvalue weighted by atomic mass is 9.96. The van der Waals surface area contributed by atoms with Crippen LogP contribution in [0.1, 0.15) is 37.9 Å². The molecule has 174 valence electrons. The van der Waals surface area contributed by atoms with Crippen molar-refractivity contribution in [1.82, 2.24) is 4.57 Å². The smallest absolute Gasteiger partial charge is 0.338 e. The van der Waals surface area contributed by atoms with Crippen molar-refractivity contribution in [3.63, 3.8) is 0 Å². The average molecular weight is 481 g/mol. The van der Waals surface area contributed by atoms with Crippen LogP contribution in [0.2, 0.25) is 0 Å². The van der Waals surface area contributed by atoms with Gasteiger partial charge in [0.1, 0.15) is 11.6 Å². The lowest BCUT2D eigenvalue weighted by molar-refractivity contribution is -0.139. The van der Waals surface area contributed by atoms with E-state index in [1.54, 1.807) is 56.3 Å². The quantitative estimate of drug-likeness (QED) is 0.414. The largest absolute Gasteiger partial charge is 0.463 e. The van der Waals surface area contributed by atoms with Gasteiger partial charge in [0.15, 0.2) is 4.80 Å². The Labute approximate surface area is 198 Å². The Morgan fingerprint density at radius 3 is 2.53 bits per heavy atom. The Morgan fingerprint density at radius 2 is 1.88 bits per heavy atom. The van der Waals surface area contributed by atoms with Gasteiger partial charge < -0.3 is 9.47 Å². The first kappa shape index (κ1) is 23.3. The van der Waals surface area contributed by atoms with Gasteiger partial charge in [-0.25, -0.2) is 14.2 Å². The lowest BCUT2D eigenvalue weighted by Crippen LogP contribution is -2.39. The molecule has 1 atom stereocenters. The molecule has 0 saturated heterocycles. The molecule has 4 rings (SSSR count). The van der Waals surface area contributed by atoms with Crippen molar-refractivity contribution in [1.29, 1.82) is 0 Å². The number of fused-ring (bicyclic) bond motifs is 1. The van der Waals surface area contributed by atoms with Crippen LogP contribution in [0.15, 0.2) is 69.6 Å². The predicted molar refractivity (Wildman–Crippen MR) is 125 cm³/mol. The van der Waals surface area contributed by atoms with Gasteiger partial charge in [-0.3, -0.25) is 14.2 Å². The number of halogens is 1. The van der Waals surface area contributed by atoms with E-state index in [9.17, 15) is 18.8 Å². The van der Waals surface area contributed by atoms with Crippen LogP contribution in [-0.2, 0) is 14.3 Å². The lowest BCUT2D eigenvalue weighted by Gasteiger charge is -2.24. The molecule has 0 N–H and O–H groups in total. The highest BCUT2D eigenvalue weighted by molar-refractivity contribution is 7.07. The minimum Gasteiger partial charge on any atom is -0.463 e. The number of benzene rings is 2. The van der Waals surface area contributed by atoms with E-state index in [0.29, 0.717) is 21.8 Å². The number of carbonyl (C=O) groups is 2. The molecule has 7 nitrogen and oxygen atoms in total. The van der Waals surface area contributed by atoms with Crippen molar-refractivity contribution in [2.45, 2.75) is 26.8 Å². The third kappa shape index (κ3) is 4.47. The van der Waals surface area contributed by atoms with E-state index in [2.05, 4.69) is 4.99 Å². The van der Waals surface area contributed by atoms with Crippen LogP contribution in [-0.4, -0.2) is 23.1 Å². The Balaban J connectivity index is 1.92. The number of rotatable bonds is 5. The van der Waals surface area contributed by atoms with Gasteiger partial charge in [-0.1, -0.05) is 41.7 Å². The number of ether oxygens (including phenoxy) is 2. The van der Waals surface area contributed by atoms with Gasteiger partial charge in [0.25, 0.3) is 5.56 Å². The molecule has 9 heteroatoms. The van der Waals surface area contributed by atoms with Gasteiger partial charge in [0.05, 0.1) is 28.5 Å². The Morgan fingerprint density at radius 1 is 1.18 bits per heavy atom. The second kappa shape index (κ2) is 9.56. The number of esters is 2. The number of aromatic nitrogens is 1. The van der Waals surface area contributed by atoms with Gasteiger partial charge >= 0.3 is 11.9 Å². The maximum atomic E-state index is 14.2. The average Bonchev–Trinajstić information content (AvgIpc) is 3.09. The summed E-state index contributed by atoms with van der Waals surface area (Å²) >= 11 is 1.11. The Bertz CT molecular complexity index is 1480. The summed E-state index contributed by atoms with van der Waals surface area (Å²) in [5.41, 5.74) is 1.12. The highest BCUT2D eigenvalue weighted by atomic mass is 32.1. The molecule has 0 amide bonds. The van der Waals surface area contributed by atoms with Crippen molar-refractivity contribution in [2.75, 3.05) is 6.61 Å². The van der Waals surface area contributed by atoms with Gasteiger partial charge in [0, 0.05) is 12.5 Å². The van der Waals surface area contributed by atoms with Crippen LogP contribution in [0.4, 0.5) is 4.39 Å². The summed E-state index contributed by atoms with van der Waals surface area (Å²) in [6.45, 7) is 4.83. The van der Waals surface area contributed by atoms with Crippen molar-refractivity contribution in [3.8, 4) is 5.75 Å². The molecule has 0 unspecified atom stereocenters.